The molecule has 0 saturated carbocycles. The average Bonchev–Trinajstić information content (AvgIpc) is 2.36. The van der Waals surface area contributed by atoms with E-state index in [0.29, 0.717) is 18.9 Å². The Bertz CT molecular complexity index is 377. The van der Waals surface area contributed by atoms with Gasteiger partial charge in [-0.05, 0) is 36.8 Å². The molecule has 1 aromatic carbocycles. The van der Waals surface area contributed by atoms with E-state index < -0.39 is 6.10 Å². The molecule has 0 amide bonds. The maximum Gasteiger partial charge on any atom is 0.122 e. The number of benzene rings is 1. The number of aliphatic hydroxyl groups is 1. The molecular weight excluding hydrogens is 238 g/mol. The smallest absolute Gasteiger partial charge is 0.122 e. The van der Waals surface area contributed by atoms with Crippen LogP contribution < -0.4 is 10.5 Å². The highest BCUT2D eigenvalue weighted by Crippen LogP contribution is 2.30. The van der Waals surface area contributed by atoms with Crippen LogP contribution in [0.15, 0.2) is 24.3 Å². The van der Waals surface area contributed by atoms with Gasteiger partial charge in [0.2, 0.25) is 0 Å². The standard InChI is InChI=1S/C16H27NO2/c1-11(2)10-19-16-8-6-5-7-14(16)12(3)9-15(18)13(4)17/h5-8,11-13,15,18H,9-10,17H2,1-4H3. The maximum absolute atomic E-state index is 9.90. The topological polar surface area (TPSA) is 55.5 Å². The number of hydrogen-bond acceptors (Lipinski definition) is 3. The van der Waals surface area contributed by atoms with Crippen molar-refractivity contribution in [2.45, 2.75) is 52.2 Å². The molecular formula is C16H27NO2. The predicted molar refractivity (Wildman–Crippen MR) is 79.5 cm³/mol. The molecule has 0 aliphatic carbocycles. The van der Waals surface area contributed by atoms with Gasteiger partial charge in [0.15, 0.2) is 0 Å². The van der Waals surface area contributed by atoms with Crippen molar-refractivity contribution in [3.05, 3.63) is 29.8 Å². The molecule has 3 heteroatoms. The summed E-state index contributed by atoms with van der Waals surface area (Å²) in [6.45, 7) is 8.90. The Balaban J connectivity index is 2.75. The van der Waals surface area contributed by atoms with Crippen LogP contribution in [0, 0.1) is 5.92 Å². The minimum Gasteiger partial charge on any atom is -0.493 e. The second kappa shape index (κ2) is 7.51. The van der Waals surface area contributed by atoms with Gasteiger partial charge in [-0.2, -0.15) is 0 Å². The molecule has 0 bridgehead atoms. The maximum atomic E-state index is 9.90. The number of aliphatic hydroxyl groups excluding tert-OH is 1. The summed E-state index contributed by atoms with van der Waals surface area (Å²) in [6.07, 6.45) is 0.174. The summed E-state index contributed by atoms with van der Waals surface area (Å²) in [5.41, 5.74) is 6.86. The molecule has 19 heavy (non-hydrogen) atoms. The van der Waals surface area contributed by atoms with Crippen LogP contribution in [0.25, 0.3) is 0 Å². The highest BCUT2D eigenvalue weighted by Gasteiger charge is 2.18. The van der Waals surface area contributed by atoms with Crippen LogP contribution in [-0.2, 0) is 0 Å². The predicted octanol–water partition coefficient (Wildman–Crippen LogP) is 2.92. The number of para-hydroxylation sites is 1. The van der Waals surface area contributed by atoms with E-state index in [1.807, 2.05) is 25.1 Å². The summed E-state index contributed by atoms with van der Waals surface area (Å²) in [4.78, 5) is 0. The Morgan fingerprint density at radius 3 is 2.37 bits per heavy atom. The molecule has 0 radical (unpaired) electrons. The van der Waals surface area contributed by atoms with Crippen LogP contribution in [0.3, 0.4) is 0 Å². The van der Waals surface area contributed by atoms with Crippen LogP contribution in [0.5, 0.6) is 5.75 Å². The Hall–Kier alpha value is -1.06. The van der Waals surface area contributed by atoms with Crippen molar-refractivity contribution in [1.29, 1.82) is 0 Å². The lowest BCUT2D eigenvalue weighted by molar-refractivity contribution is 0.134. The fraction of sp³-hybridized carbons (Fsp3) is 0.625. The monoisotopic (exact) mass is 265 g/mol. The molecule has 0 spiro atoms. The SMILES string of the molecule is CC(C)COc1ccccc1C(C)CC(O)C(C)N. The van der Waals surface area contributed by atoms with Crippen molar-refractivity contribution in [2.75, 3.05) is 6.61 Å². The average molecular weight is 265 g/mol. The van der Waals surface area contributed by atoms with Crippen LogP contribution in [-0.4, -0.2) is 23.9 Å². The Morgan fingerprint density at radius 2 is 1.79 bits per heavy atom. The van der Waals surface area contributed by atoms with Crippen molar-refractivity contribution in [3.8, 4) is 5.75 Å². The van der Waals surface area contributed by atoms with E-state index in [4.69, 9.17) is 10.5 Å². The number of ether oxygens (including phenoxy) is 1. The van der Waals surface area contributed by atoms with Crippen molar-refractivity contribution in [3.63, 3.8) is 0 Å². The molecule has 0 aliphatic heterocycles. The van der Waals surface area contributed by atoms with Gasteiger partial charge in [0, 0.05) is 6.04 Å². The lowest BCUT2D eigenvalue weighted by Gasteiger charge is -2.22. The van der Waals surface area contributed by atoms with Crippen molar-refractivity contribution in [2.24, 2.45) is 11.7 Å². The summed E-state index contributed by atoms with van der Waals surface area (Å²) in [7, 11) is 0. The van der Waals surface area contributed by atoms with Crippen LogP contribution in [0.4, 0.5) is 0 Å². The first-order valence-electron chi connectivity index (χ1n) is 7.07. The molecule has 1 aromatic rings. The van der Waals surface area contributed by atoms with Gasteiger partial charge in [-0.25, -0.2) is 0 Å². The Kier molecular flexibility index (Phi) is 6.32. The van der Waals surface area contributed by atoms with Crippen LogP contribution >= 0.6 is 0 Å². The molecule has 1 rings (SSSR count). The third-order valence-electron chi connectivity index (χ3n) is 3.22. The molecule has 108 valence electrons. The van der Waals surface area contributed by atoms with Gasteiger partial charge in [0.25, 0.3) is 0 Å². The lowest BCUT2D eigenvalue weighted by atomic mass is 9.92. The molecule has 3 atom stereocenters. The lowest BCUT2D eigenvalue weighted by Crippen LogP contribution is -2.32. The first kappa shape index (κ1) is 16.0. The summed E-state index contributed by atoms with van der Waals surface area (Å²) >= 11 is 0. The van der Waals surface area contributed by atoms with Gasteiger partial charge in [-0.1, -0.05) is 39.0 Å². The number of nitrogens with two attached hydrogens (primary N) is 1. The largest absolute Gasteiger partial charge is 0.493 e. The van der Waals surface area contributed by atoms with Crippen molar-refractivity contribution >= 4 is 0 Å². The van der Waals surface area contributed by atoms with E-state index in [9.17, 15) is 5.11 Å². The Morgan fingerprint density at radius 1 is 1.16 bits per heavy atom. The molecule has 0 aliphatic rings. The zero-order chi connectivity index (χ0) is 14.4. The zero-order valence-electron chi connectivity index (χ0n) is 12.5. The first-order valence-corrected chi connectivity index (χ1v) is 7.07. The third kappa shape index (κ3) is 5.21. The van der Waals surface area contributed by atoms with Gasteiger partial charge in [-0.3, -0.25) is 0 Å². The van der Waals surface area contributed by atoms with Gasteiger partial charge >= 0.3 is 0 Å². The molecule has 0 saturated heterocycles. The third-order valence-corrected chi connectivity index (χ3v) is 3.22. The molecule has 0 fully saturated rings. The summed E-state index contributed by atoms with van der Waals surface area (Å²) in [5, 5.41) is 9.90. The van der Waals surface area contributed by atoms with E-state index in [1.54, 1.807) is 0 Å². The molecule has 3 nitrogen and oxygen atoms in total. The van der Waals surface area contributed by atoms with E-state index in [-0.39, 0.29) is 12.0 Å². The van der Waals surface area contributed by atoms with E-state index in [0.717, 1.165) is 11.3 Å². The zero-order valence-corrected chi connectivity index (χ0v) is 12.5. The van der Waals surface area contributed by atoms with Crippen LogP contribution in [0.2, 0.25) is 0 Å². The first-order chi connectivity index (χ1) is 8.91. The minimum atomic E-state index is -0.479. The van der Waals surface area contributed by atoms with Crippen LogP contribution in [0.1, 0.15) is 45.6 Å². The van der Waals surface area contributed by atoms with Crippen molar-refractivity contribution in [1.82, 2.24) is 0 Å². The van der Waals surface area contributed by atoms with Gasteiger partial charge in [-0.15, -0.1) is 0 Å². The van der Waals surface area contributed by atoms with E-state index >= 15 is 0 Å². The highest BCUT2D eigenvalue weighted by molar-refractivity contribution is 5.36. The fourth-order valence-electron chi connectivity index (χ4n) is 1.98. The van der Waals surface area contributed by atoms with Gasteiger partial charge < -0.3 is 15.6 Å². The second-order valence-corrected chi connectivity index (χ2v) is 5.81. The molecule has 0 heterocycles. The fourth-order valence-corrected chi connectivity index (χ4v) is 1.98. The summed E-state index contributed by atoms with van der Waals surface area (Å²) in [6, 6.07) is 7.84. The number of hydrogen-bond donors (Lipinski definition) is 2. The molecule has 0 aromatic heterocycles. The molecule has 3 unspecified atom stereocenters. The number of rotatable bonds is 7. The minimum absolute atomic E-state index is 0.203. The van der Waals surface area contributed by atoms with E-state index in [2.05, 4.69) is 26.8 Å². The van der Waals surface area contributed by atoms with E-state index in [1.165, 1.54) is 0 Å². The van der Waals surface area contributed by atoms with Gasteiger partial charge in [0.1, 0.15) is 5.75 Å². The summed E-state index contributed by atoms with van der Waals surface area (Å²) < 4.78 is 5.85. The quantitative estimate of drug-likeness (QED) is 0.797. The Labute approximate surface area is 116 Å². The van der Waals surface area contributed by atoms with Gasteiger partial charge in [0.05, 0.1) is 12.7 Å². The normalized spacial score (nSPS) is 16.2. The molecule has 3 N–H and O–H groups in total. The highest BCUT2D eigenvalue weighted by atomic mass is 16.5. The second-order valence-electron chi connectivity index (χ2n) is 5.81. The summed E-state index contributed by atoms with van der Waals surface area (Å²) in [5.74, 6) is 1.64. The van der Waals surface area contributed by atoms with Crippen molar-refractivity contribution < 1.29 is 9.84 Å².